The van der Waals surface area contributed by atoms with Gasteiger partial charge in [0.2, 0.25) is 0 Å². The summed E-state index contributed by atoms with van der Waals surface area (Å²) in [6, 6.07) is 20.2. The molecule has 0 radical (unpaired) electrons. The van der Waals surface area contributed by atoms with E-state index in [4.69, 9.17) is 23.2 Å². The van der Waals surface area contributed by atoms with Crippen LogP contribution in [0.25, 0.3) is 0 Å². The highest BCUT2D eigenvalue weighted by Gasteiger charge is 2.04. The Hall–Kier alpha value is -3.48. The van der Waals surface area contributed by atoms with Crippen LogP contribution in [-0.4, -0.2) is 24.2 Å². The lowest BCUT2D eigenvalue weighted by Crippen LogP contribution is -2.17. The Labute approximate surface area is 183 Å². The van der Waals surface area contributed by atoms with E-state index in [0.29, 0.717) is 21.2 Å². The van der Waals surface area contributed by atoms with Crippen LogP contribution in [-0.2, 0) is 0 Å². The summed E-state index contributed by atoms with van der Waals surface area (Å²) >= 11 is 11.6. The molecular formula is C22H16Cl2N4O2. The molecule has 3 aromatic carbocycles. The minimum absolute atomic E-state index is 0.330. The van der Waals surface area contributed by atoms with E-state index in [0.717, 1.165) is 11.1 Å². The number of carbonyl (C=O) groups is 2. The Morgan fingerprint density at radius 1 is 0.600 bits per heavy atom. The molecule has 2 N–H and O–H groups in total. The molecule has 0 bridgehead atoms. The molecule has 0 heterocycles. The first-order valence-electron chi connectivity index (χ1n) is 8.79. The van der Waals surface area contributed by atoms with Crippen molar-refractivity contribution in [1.29, 1.82) is 0 Å². The summed E-state index contributed by atoms with van der Waals surface area (Å²) in [4.78, 5) is 23.9. The van der Waals surface area contributed by atoms with Crippen LogP contribution in [0, 0.1) is 0 Å². The van der Waals surface area contributed by atoms with Crippen LogP contribution in [0.2, 0.25) is 10.0 Å². The van der Waals surface area contributed by atoms with Crippen molar-refractivity contribution in [1.82, 2.24) is 10.9 Å². The van der Waals surface area contributed by atoms with E-state index in [2.05, 4.69) is 21.1 Å². The average molecular weight is 439 g/mol. The molecule has 0 saturated heterocycles. The molecule has 3 rings (SSSR count). The maximum Gasteiger partial charge on any atom is 0.271 e. The molecule has 0 aromatic heterocycles. The van der Waals surface area contributed by atoms with Gasteiger partial charge in [0.1, 0.15) is 0 Å². The fourth-order valence-electron chi connectivity index (χ4n) is 2.33. The first-order valence-corrected chi connectivity index (χ1v) is 9.55. The van der Waals surface area contributed by atoms with Gasteiger partial charge in [-0.2, -0.15) is 10.2 Å². The smallest absolute Gasteiger partial charge is 0.267 e. The van der Waals surface area contributed by atoms with Crippen molar-refractivity contribution < 1.29 is 9.59 Å². The van der Waals surface area contributed by atoms with Crippen LogP contribution in [0.4, 0.5) is 0 Å². The quantitative estimate of drug-likeness (QED) is 0.437. The Bertz CT molecular complexity index is 989. The molecule has 0 aliphatic carbocycles. The van der Waals surface area contributed by atoms with Gasteiger partial charge in [-0.3, -0.25) is 9.59 Å². The van der Waals surface area contributed by atoms with Crippen LogP contribution >= 0.6 is 23.2 Å². The molecule has 0 spiro atoms. The fraction of sp³-hybridized carbons (Fsp3) is 0. The molecule has 0 atom stereocenters. The molecule has 6 nitrogen and oxygen atoms in total. The van der Waals surface area contributed by atoms with E-state index >= 15 is 0 Å². The molecule has 2 amide bonds. The van der Waals surface area contributed by atoms with E-state index in [1.807, 2.05) is 0 Å². The van der Waals surface area contributed by atoms with Crippen LogP contribution in [0.15, 0.2) is 83.0 Å². The van der Waals surface area contributed by atoms with Crippen molar-refractivity contribution in [2.45, 2.75) is 0 Å². The van der Waals surface area contributed by atoms with Gasteiger partial charge in [-0.15, -0.1) is 0 Å². The van der Waals surface area contributed by atoms with E-state index < -0.39 is 0 Å². The molecule has 0 aliphatic rings. The van der Waals surface area contributed by atoms with Crippen LogP contribution in [0.3, 0.4) is 0 Å². The largest absolute Gasteiger partial charge is 0.271 e. The fourth-order valence-corrected chi connectivity index (χ4v) is 2.58. The number of carbonyl (C=O) groups excluding carboxylic acids is 2. The van der Waals surface area contributed by atoms with E-state index in [9.17, 15) is 9.59 Å². The van der Waals surface area contributed by atoms with Gasteiger partial charge >= 0.3 is 0 Å². The molecule has 30 heavy (non-hydrogen) atoms. The summed E-state index contributed by atoms with van der Waals surface area (Å²) in [5.74, 6) is -0.661. The monoisotopic (exact) mass is 438 g/mol. The third-order valence-corrected chi connectivity index (χ3v) is 4.41. The van der Waals surface area contributed by atoms with Gasteiger partial charge in [-0.25, -0.2) is 10.9 Å². The number of hydrogen-bond acceptors (Lipinski definition) is 4. The van der Waals surface area contributed by atoms with E-state index in [1.165, 1.54) is 12.4 Å². The standard InChI is InChI=1S/C22H16Cl2N4O2/c23-19-9-5-17(6-10-19)21(29)27-25-13-15-1-2-16(4-3-15)14-26-28-22(30)18-7-11-20(24)12-8-18/h1-14H,(H,27,29)(H,28,30). The van der Waals surface area contributed by atoms with Crippen molar-refractivity contribution in [3.63, 3.8) is 0 Å². The van der Waals surface area contributed by atoms with Crippen molar-refractivity contribution in [2.75, 3.05) is 0 Å². The third-order valence-electron chi connectivity index (χ3n) is 3.91. The Balaban J connectivity index is 1.50. The van der Waals surface area contributed by atoms with Crippen molar-refractivity contribution in [3.05, 3.63) is 105 Å². The van der Waals surface area contributed by atoms with Crippen LogP contribution < -0.4 is 10.9 Å². The number of nitrogens with one attached hydrogen (secondary N) is 2. The van der Waals surface area contributed by atoms with Crippen molar-refractivity contribution >= 4 is 47.4 Å². The SMILES string of the molecule is O=C(NN=Cc1ccc(C=NNC(=O)c2ccc(Cl)cc2)cc1)c1ccc(Cl)cc1. The number of halogens is 2. The summed E-state index contributed by atoms with van der Waals surface area (Å²) in [5.41, 5.74) is 7.40. The lowest BCUT2D eigenvalue weighted by atomic mass is 10.2. The summed E-state index contributed by atoms with van der Waals surface area (Å²) in [6.07, 6.45) is 3.05. The summed E-state index contributed by atoms with van der Waals surface area (Å²) < 4.78 is 0. The molecule has 150 valence electrons. The third kappa shape index (κ3) is 6.27. The predicted molar refractivity (Wildman–Crippen MR) is 119 cm³/mol. The highest BCUT2D eigenvalue weighted by Crippen LogP contribution is 2.10. The van der Waals surface area contributed by atoms with Gasteiger partial charge in [-0.05, 0) is 59.7 Å². The highest BCUT2D eigenvalue weighted by molar-refractivity contribution is 6.31. The first-order chi connectivity index (χ1) is 14.5. The number of benzene rings is 3. The maximum atomic E-state index is 12.0. The topological polar surface area (TPSA) is 82.9 Å². The second-order valence-electron chi connectivity index (χ2n) is 6.08. The Morgan fingerprint density at radius 2 is 0.933 bits per heavy atom. The maximum absolute atomic E-state index is 12.0. The number of hydrazone groups is 2. The summed E-state index contributed by atoms with van der Waals surface area (Å²) in [5, 5.41) is 8.99. The van der Waals surface area contributed by atoms with E-state index in [1.54, 1.807) is 72.8 Å². The van der Waals surface area contributed by atoms with Gasteiger partial charge in [0.05, 0.1) is 12.4 Å². The zero-order valence-electron chi connectivity index (χ0n) is 15.5. The minimum Gasteiger partial charge on any atom is -0.267 e. The zero-order chi connectivity index (χ0) is 21.3. The number of hydrogen-bond donors (Lipinski definition) is 2. The van der Waals surface area contributed by atoms with Crippen LogP contribution in [0.5, 0.6) is 0 Å². The van der Waals surface area contributed by atoms with Gasteiger partial charge in [0, 0.05) is 21.2 Å². The molecule has 0 aliphatic heterocycles. The van der Waals surface area contributed by atoms with Crippen molar-refractivity contribution in [2.24, 2.45) is 10.2 Å². The molecular weight excluding hydrogens is 423 g/mol. The lowest BCUT2D eigenvalue weighted by molar-refractivity contribution is 0.0947. The first kappa shape index (κ1) is 21.2. The predicted octanol–water partition coefficient (Wildman–Crippen LogP) is 4.52. The molecule has 0 fully saturated rings. The normalized spacial score (nSPS) is 11.0. The van der Waals surface area contributed by atoms with E-state index in [-0.39, 0.29) is 11.8 Å². The molecule has 0 saturated carbocycles. The Kier molecular flexibility index (Phi) is 7.32. The second-order valence-corrected chi connectivity index (χ2v) is 6.95. The molecule has 3 aromatic rings. The van der Waals surface area contributed by atoms with Gasteiger partial charge < -0.3 is 0 Å². The number of amides is 2. The molecule has 8 heteroatoms. The Morgan fingerprint density at radius 3 is 1.27 bits per heavy atom. The minimum atomic E-state index is -0.330. The average Bonchev–Trinajstić information content (AvgIpc) is 2.75. The highest BCUT2D eigenvalue weighted by atomic mass is 35.5. The zero-order valence-corrected chi connectivity index (χ0v) is 17.1. The summed E-state index contributed by atoms with van der Waals surface area (Å²) in [7, 11) is 0. The number of rotatable bonds is 6. The lowest BCUT2D eigenvalue weighted by Gasteiger charge is -2.01. The van der Waals surface area contributed by atoms with Gasteiger partial charge in [0.25, 0.3) is 11.8 Å². The number of nitrogens with zero attached hydrogens (tertiary/aromatic N) is 2. The van der Waals surface area contributed by atoms with Gasteiger partial charge in [0.15, 0.2) is 0 Å². The van der Waals surface area contributed by atoms with Gasteiger partial charge in [-0.1, -0.05) is 47.5 Å². The second kappa shape index (κ2) is 10.3. The van der Waals surface area contributed by atoms with Crippen LogP contribution in [0.1, 0.15) is 31.8 Å². The summed E-state index contributed by atoms with van der Waals surface area (Å²) in [6.45, 7) is 0. The molecule has 0 unspecified atom stereocenters. The van der Waals surface area contributed by atoms with Crippen molar-refractivity contribution in [3.8, 4) is 0 Å².